The van der Waals surface area contributed by atoms with Crippen molar-refractivity contribution in [1.29, 1.82) is 0 Å². The van der Waals surface area contributed by atoms with Crippen LogP contribution in [0.15, 0.2) is 23.4 Å². The van der Waals surface area contributed by atoms with Gasteiger partial charge < -0.3 is 9.94 Å². The summed E-state index contributed by atoms with van der Waals surface area (Å²) in [7, 11) is 0. The lowest BCUT2D eigenvalue weighted by molar-refractivity contribution is 0.321. The minimum Gasteiger partial charge on any atom is -0.494 e. The topological polar surface area (TPSA) is 41.8 Å². The Morgan fingerprint density at radius 1 is 1.46 bits per heavy atom. The summed E-state index contributed by atoms with van der Waals surface area (Å²) in [6, 6.07) is 5.69. The smallest absolute Gasteiger partial charge is 0.120 e. The average Bonchev–Trinajstić information content (AvgIpc) is 2.04. The molecule has 1 aromatic carbocycles. The number of ether oxygens (including phenoxy) is 1. The van der Waals surface area contributed by atoms with E-state index in [1.54, 1.807) is 0 Å². The van der Waals surface area contributed by atoms with Gasteiger partial charge in [0.2, 0.25) is 0 Å². The van der Waals surface area contributed by atoms with Crippen LogP contribution >= 0.6 is 0 Å². The molecule has 0 radical (unpaired) electrons. The largest absolute Gasteiger partial charge is 0.494 e. The molecule has 0 unspecified atom stereocenters. The van der Waals surface area contributed by atoms with Gasteiger partial charge in [-0.3, -0.25) is 0 Å². The third-order valence-electron chi connectivity index (χ3n) is 1.59. The molecule has 0 amide bonds. The summed E-state index contributed by atoms with van der Waals surface area (Å²) in [5, 5.41) is 11.3. The summed E-state index contributed by atoms with van der Waals surface area (Å²) in [6.07, 6.45) is 1.38. The molecule has 1 N–H and O–H groups in total. The predicted octanol–water partition coefficient (Wildman–Crippen LogP) is 2.20. The Kier molecular flexibility index (Phi) is 3.31. The predicted molar refractivity (Wildman–Crippen MR) is 51.7 cm³/mol. The average molecular weight is 179 g/mol. The molecular formula is C10H13NO2. The van der Waals surface area contributed by atoms with E-state index in [2.05, 4.69) is 5.16 Å². The number of nitrogens with zero attached hydrogens (tertiary/aromatic N) is 1. The Bertz CT molecular complexity index is 308. The third-order valence-corrected chi connectivity index (χ3v) is 1.59. The summed E-state index contributed by atoms with van der Waals surface area (Å²) >= 11 is 0. The van der Waals surface area contributed by atoms with Gasteiger partial charge in [-0.2, -0.15) is 0 Å². The number of hydrogen-bond donors (Lipinski definition) is 1. The van der Waals surface area contributed by atoms with Crippen LogP contribution < -0.4 is 4.74 Å². The molecule has 0 aromatic heterocycles. The van der Waals surface area contributed by atoms with Crippen LogP contribution in [0.4, 0.5) is 0 Å². The van der Waals surface area contributed by atoms with Crippen molar-refractivity contribution in [3.8, 4) is 5.75 Å². The van der Waals surface area contributed by atoms with Gasteiger partial charge in [-0.15, -0.1) is 0 Å². The molecular weight excluding hydrogens is 166 g/mol. The quantitative estimate of drug-likeness (QED) is 0.439. The maximum Gasteiger partial charge on any atom is 0.120 e. The second-order valence-corrected chi connectivity index (χ2v) is 2.76. The maximum atomic E-state index is 8.36. The van der Waals surface area contributed by atoms with E-state index in [4.69, 9.17) is 9.94 Å². The standard InChI is InChI=1S/C10H13NO2/c1-3-13-10-5-8(2)4-9(6-10)7-11-12/h4-7,12H,3H2,1-2H3/b11-7-. The van der Waals surface area contributed by atoms with Crippen LogP contribution in [0.25, 0.3) is 0 Å². The highest BCUT2D eigenvalue weighted by molar-refractivity contribution is 5.80. The summed E-state index contributed by atoms with van der Waals surface area (Å²) in [6.45, 7) is 4.54. The summed E-state index contributed by atoms with van der Waals surface area (Å²) in [4.78, 5) is 0. The highest BCUT2D eigenvalue weighted by atomic mass is 16.5. The lowest BCUT2D eigenvalue weighted by Crippen LogP contribution is -1.93. The van der Waals surface area contributed by atoms with Gasteiger partial charge in [-0.1, -0.05) is 11.2 Å². The third kappa shape index (κ3) is 2.78. The Hall–Kier alpha value is -1.51. The minimum atomic E-state index is 0.638. The first-order valence-corrected chi connectivity index (χ1v) is 4.18. The van der Waals surface area contributed by atoms with Crippen molar-refractivity contribution >= 4 is 6.21 Å². The zero-order valence-corrected chi connectivity index (χ0v) is 7.82. The second-order valence-electron chi connectivity index (χ2n) is 2.76. The fourth-order valence-corrected chi connectivity index (χ4v) is 1.17. The van der Waals surface area contributed by atoms with Crippen LogP contribution in [0, 0.1) is 6.92 Å². The summed E-state index contributed by atoms with van der Waals surface area (Å²) in [5.41, 5.74) is 1.92. The Balaban J connectivity index is 2.96. The molecule has 0 aliphatic carbocycles. The highest BCUT2D eigenvalue weighted by Crippen LogP contribution is 2.15. The van der Waals surface area contributed by atoms with Gasteiger partial charge in [-0.25, -0.2) is 0 Å². The molecule has 13 heavy (non-hydrogen) atoms. The second kappa shape index (κ2) is 4.50. The molecule has 3 nitrogen and oxygen atoms in total. The molecule has 0 aliphatic heterocycles. The lowest BCUT2D eigenvalue weighted by atomic mass is 10.1. The Morgan fingerprint density at radius 2 is 2.23 bits per heavy atom. The van der Waals surface area contributed by atoms with E-state index in [0.717, 1.165) is 16.9 Å². The molecule has 1 rings (SSSR count). The molecule has 0 saturated heterocycles. The van der Waals surface area contributed by atoms with Crippen LogP contribution in [-0.2, 0) is 0 Å². The van der Waals surface area contributed by atoms with Gasteiger partial charge in [0.1, 0.15) is 5.75 Å². The van der Waals surface area contributed by atoms with E-state index >= 15 is 0 Å². The van der Waals surface area contributed by atoms with Crippen molar-refractivity contribution in [2.24, 2.45) is 5.16 Å². The van der Waals surface area contributed by atoms with Crippen molar-refractivity contribution in [1.82, 2.24) is 0 Å². The summed E-state index contributed by atoms with van der Waals surface area (Å²) < 4.78 is 5.33. The normalized spacial score (nSPS) is 10.6. The Labute approximate surface area is 77.6 Å². The van der Waals surface area contributed by atoms with E-state index in [1.807, 2.05) is 32.0 Å². The fourth-order valence-electron chi connectivity index (χ4n) is 1.17. The summed E-state index contributed by atoms with van der Waals surface area (Å²) in [5.74, 6) is 0.803. The van der Waals surface area contributed by atoms with E-state index in [9.17, 15) is 0 Å². The van der Waals surface area contributed by atoms with Crippen molar-refractivity contribution in [2.75, 3.05) is 6.61 Å². The number of benzene rings is 1. The first-order valence-electron chi connectivity index (χ1n) is 4.18. The molecule has 70 valence electrons. The zero-order valence-electron chi connectivity index (χ0n) is 7.82. The number of rotatable bonds is 3. The van der Waals surface area contributed by atoms with E-state index in [1.165, 1.54) is 6.21 Å². The van der Waals surface area contributed by atoms with Gasteiger partial charge in [0, 0.05) is 0 Å². The molecule has 1 aromatic rings. The van der Waals surface area contributed by atoms with E-state index in [-0.39, 0.29) is 0 Å². The van der Waals surface area contributed by atoms with Crippen LogP contribution in [0.5, 0.6) is 5.75 Å². The number of hydrogen-bond acceptors (Lipinski definition) is 3. The number of oxime groups is 1. The molecule has 0 atom stereocenters. The molecule has 0 bridgehead atoms. The van der Waals surface area contributed by atoms with E-state index < -0.39 is 0 Å². The zero-order chi connectivity index (χ0) is 9.68. The van der Waals surface area contributed by atoms with Crippen molar-refractivity contribution < 1.29 is 9.94 Å². The van der Waals surface area contributed by atoms with Gasteiger partial charge in [0.25, 0.3) is 0 Å². The molecule has 0 fully saturated rings. The Morgan fingerprint density at radius 3 is 2.85 bits per heavy atom. The van der Waals surface area contributed by atoms with Crippen molar-refractivity contribution in [2.45, 2.75) is 13.8 Å². The van der Waals surface area contributed by atoms with Crippen molar-refractivity contribution in [3.05, 3.63) is 29.3 Å². The van der Waals surface area contributed by atoms with Crippen LogP contribution in [0.1, 0.15) is 18.1 Å². The van der Waals surface area contributed by atoms with Gasteiger partial charge in [-0.05, 0) is 37.1 Å². The molecule has 0 heterocycles. The first-order chi connectivity index (χ1) is 6.26. The molecule has 0 spiro atoms. The van der Waals surface area contributed by atoms with Gasteiger partial charge in [0.15, 0.2) is 0 Å². The monoisotopic (exact) mass is 179 g/mol. The molecule has 0 aliphatic rings. The first kappa shape index (κ1) is 9.58. The van der Waals surface area contributed by atoms with Gasteiger partial charge >= 0.3 is 0 Å². The molecule has 0 saturated carbocycles. The van der Waals surface area contributed by atoms with Crippen LogP contribution in [0.2, 0.25) is 0 Å². The van der Waals surface area contributed by atoms with Crippen LogP contribution in [0.3, 0.4) is 0 Å². The van der Waals surface area contributed by atoms with E-state index in [0.29, 0.717) is 6.61 Å². The van der Waals surface area contributed by atoms with Crippen molar-refractivity contribution in [3.63, 3.8) is 0 Å². The SMILES string of the molecule is CCOc1cc(C)cc(/C=N\O)c1. The minimum absolute atomic E-state index is 0.638. The maximum absolute atomic E-state index is 8.36. The molecule has 3 heteroatoms. The lowest BCUT2D eigenvalue weighted by Gasteiger charge is -2.04. The fraction of sp³-hybridized carbons (Fsp3) is 0.300. The van der Waals surface area contributed by atoms with Gasteiger partial charge in [0.05, 0.1) is 12.8 Å². The van der Waals surface area contributed by atoms with Crippen LogP contribution in [-0.4, -0.2) is 18.0 Å². The number of aryl methyl sites for hydroxylation is 1. The highest BCUT2D eigenvalue weighted by Gasteiger charge is 1.96.